The molecule has 4 rings (SSSR count). The van der Waals surface area contributed by atoms with Gasteiger partial charge in [0.15, 0.2) is 0 Å². The van der Waals surface area contributed by atoms with Gasteiger partial charge in [-0.3, -0.25) is 10.1 Å². The zero-order valence-corrected chi connectivity index (χ0v) is 19.3. The summed E-state index contributed by atoms with van der Waals surface area (Å²) < 4.78 is 9.98. The van der Waals surface area contributed by atoms with Crippen LogP contribution in [0.1, 0.15) is 39.1 Å². The molecule has 0 saturated carbocycles. The van der Waals surface area contributed by atoms with E-state index in [9.17, 15) is 29.9 Å². The van der Waals surface area contributed by atoms with Crippen molar-refractivity contribution in [2.75, 3.05) is 20.3 Å². The number of ether oxygens (including phenoxy) is 2. The third-order valence-corrected chi connectivity index (χ3v) is 6.08. The van der Waals surface area contributed by atoms with Crippen molar-refractivity contribution in [2.24, 2.45) is 0 Å². The third kappa shape index (κ3) is 5.04. The summed E-state index contributed by atoms with van der Waals surface area (Å²) in [5.74, 6) is -0.973. The lowest BCUT2D eigenvalue weighted by Crippen LogP contribution is -2.36. The topological polar surface area (TPSA) is 148 Å². The summed E-state index contributed by atoms with van der Waals surface area (Å²) in [6, 6.07) is 19.0. The number of benzene rings is 3. The van der Waals surface area contributed by atoms with Crippen LogP contribution in [-0.4, -0.2) is 53.6 Å². The summed E-state index contributed by atoms with van der Waals surface area (Å²) in [6.07, 6.45) is -3.95. The van der Waals surface area contributed by atoms with Gasteiger partial charge in [0.2, 0.25) is 0 Å². The fourth-order valence-electron chi connectivity index (χ4n) is 4.32. The first-order chi connectivity index (χ1) is 17.3. The molecule has 0 spiro atoms. The Morgan fingerprint density at radius 3 is 2.22 bits per heavy atom. The summed E-state index contributed by atoms with van der Waals surface area (Å²) in [7, 11) is 1.12. The maximum absolute atomic E-state index is 12.3. The first-order valence-electron chi connectivity index (χ1n) is 11.1. The normalized spacial score (nSPS) is 13.8. The van der Waals surface area contributed by atoms with Gasteiger partial charge in [0.05, 0.1) is 17.6 Å². The van der Waals surface area contributed by atoms with E-state index in [1.54, 1.807) is 0 Å². The molecule has 0 fully saturated rings. The summed E-state index contributed by atoms with van der Waals surface area (Å²) in [5.41, 5.74) is 3.59. The van der Waals surface area contributed by atoms with Gasteiger partial charge in [-0.05, 0) is 33.9 Å². The molecule has 3 aromatic rings. The van der Waals surface area contributed by atoms with Crippen LogP contribution in [-0.2, 0) is 9.47 Å². The highest BCUT2D eigenvalue weighted by atomic mass is 16.6. The number of methoxy groups -OCH3 is 1. The minimum absolute atomic E-state index is 0.0753. The van der Waals surface area contributed by atoms with Gasteiger partial charge in [-0.1, -0.05) is 48.5 Å². The van der Waals surface area contributed by atoms with Crippen LogP contribution in [0, 0.1) is 10.1 Å². The molecule has 0 saturated heterocycles. The molecule has 2 atom stereocenters. The van der Waals surface area contributed by atoms with Crippen LogP contribution in [0.3, 0.4) is 0 Å². The molecule has 186 valence electrons. The SMILES string of the molecule is COC(=O)c1cc(C(O)C(O)CNC(=O)OCC2c3ccccc3-c3ccccc32)cc([N+](=O)[O-])c1. The molecule has 3 aromatic carbocycles. The second-order valence-corrected chi connectivity index (χ2v) is 8.28. The number of nitro benzene ring substituents is 1. The second kappa shape index (κ2) is 10.5. The van der Waals surface area contributed by atoms with Crippen molar-refractivity contribution in [3.8, 4) is 11.1 Å². The highest BCUT2D eigenvalue weighted by Crippen LogP contribution is 2.44. The van der Waals surface area contributed by atoms with Gasteiger partial charge in [0, 0.05) is 24.6 Å². The summed E-state index contributed by atoms with van der Waals surface area (Å²) in [5, 5.41) is 34.4. The van der Waals surface area contributed by atoms with E-state index < -0.39 is 41.4 Å². The number of hydrogen-bond donors (Lipinski definition) is 3. The van der Waals surface area contributed by atoms with Gasteiger partial charge in [-0.25, -0.2) is 9.59 Å². The number of hydrogen-bond acceptors (Lipinski definition) is 8. The van der Waals surface area contributed by atoms with Crippen LogP contribution >= 0.6 is 0 Å². The Labute approximate surface area is 206 Å². The standard InChI is InChI=1S/C26H24N2O8/c1-35-25(31)16-10-15(11-17(12-16)28(33)34)24(30)23(29)13-27-26(32)36-14-22-20-8-4-2-6-18(20)19-7-3-5-9-21(19)22/h2-12,22-24,29-30H,13-14H2,1H3,(H,27,32). The summed E-state index contributed by atoms with van der Waals surface area (Å²) >= 11 is 0. The van der Waals surface area contributed by atoms with Crippen molar-refractivity contribution >= 4 is 17.7 Å². The van der Waals surface area contributed by atoms with Gasteiger partial charge in [-0.2, -0.15) is 0 Å². The number of amides is 1. The minimum atomic E-state index is -1.62. The van der Waals surface area contributed by atoms with E-state index in [1.165, 1.54) is 6.07 Å². The molecule has 10 nitrogen and oxygen atoms in total. The number of nitrogens with one attached hydrogen (secondary N) is 1. The number of fused-ring (bicyclic) bond motifs is 3. The highest BCUT2D eigenvalue weighted by Gasteiger charge is 2.29. The van der Waals surface area contributed by atoms with Gasteiger partial charge in [0.1, 0.15) is 18.8 Å². The molecule has 10 heteroatoms. The number of carbonyl (C=O) groups excluding carboxylic acids is 2. The fraction of sp³-hybridized carbons (Fsp3) is 0.231. The second-order valence-electron chi connectivity index (χ2n) is 8.28. The summed E-state index contributed by atoms with van der Waals surface area (Å²) in [4.78, 5) is 34.6. The average molecular weight is 492 g/mol. The molecular formula is C26H24N2O8. The highest BCUT2D eigenvalue weighted by molar-refractivity contribution is 5.90. The quantitative estimate of drug-likeness (QED) is 0.246. The predicted octanol–water partition coefficient (Wildman–Crippen LogP) is 3.31. The van der Waals surface area contributed by atoms with Crippen molar-refractivity contribution in [1.29, 1.82) is 0 Å². The smallest absolute Gasteiger partial charge is 0.407 e. The van der Waals surface area contributed by atoms with Crippen LogP contribution in [0.2, 0.25) is 0 Å². The fourth-order valence-corrected chi connectivity index (χ4v) is 4.32. The lowest BCUT2D eigenvalue weighted by atomic mass is 9.98. The van der Waals surface area contributed by atoms with Gasteiger partial charge < -0.3 is 25.0 Å². The number of alkyl carbamates (subject to hydrolysis) is 1. The van der Waals surface area contributed by atoms with Crippen molar-refractivity contribution in [2.45, 2.75) is 18.1 Å². The van der Waals surface area contributed by atoms with E-state index in [4.69, 9.17) is 4.74 Å². The number of nitro groups is 1. The van der Waals surface area contributed by atoms with E-state index in [2.05, 4.69) is 10.1 Å². The van der Waals surface area contributed by atoms with Gasteiger partial charge in [0.25, 0.3) is 5.69 Å². The van der Waals surface area contributed by atoms with E-state index >= 15 is 0 Å². The maximum Gasteiger partial charge on any atom is 0.407 e. The van der Waals surface area contributed by atoms with Crippen LogP contribution in [0.4, 0.5) is 10.5 Å². The Hall–Kier alpha value is -4.28. The molecule has 2 unspecified atom stereocenters. The molecule has 36 heavy (non-hydrogen) atoms. The number of aliphatic hydroxyl groups is 2. The van der Waals surface area contributed by atoms with E-state index in [-0.39, 0.29) is 23.7 Å². The van der Waals surface area contributed by atoms with Crippen LogP contribution in [0.15, 0.2) is 66.7 Å². The number of aliphatic hydroxyl groups excluding tert-OH is 2. The number of carbonyl (C=O) groups is 2. The number of non-ortho nitro benzene ring substituents is 1. The zero-order chi connectivity index (χ0) is 25.8. The number of nitrogens with zero attached hydrogens (tertiary/aromatic N) is 1. The average Bonchev–Trinajstić information content (AvgIpc) is 3.22. The van der Waals surface area contributed by atoms with Crippen molar-refractivity contribution in [3.63, 3.8) is 0 Å². The van der Waals surface area contributed by atoms with E-state index in [0.717, 1.165) is 41.5 Å². The van der Waals surface area contributed by atoms with Crippen molar-refractivity contribution in [1.82, 2.24) is 5.32 Å². The van der Waals surface area contributed by atoms with Crippen molar-refractivity contribution < 1.29 is 34.2 Å². The monoisotopic (exact) mass is 492 g/mol. The zero-order valence-electron chi connectivity index (χ0n) is 19.3. The molecule has 0 heterocycles. The van der Waals surface area contributed by atoms with Crippen LogP contribution < -0.4 is 5.32 Å². The molecule has 0 aliphatic heterocycles. The van der Waals surface area contributed by atoms with E-state index in [1.807, 2.05) is 48.5 Å². The lowest BCUT2D eigenvalue weighted by molar-refractivity contribution is -0.385. The van der Waals surface area contributed by atoms with Crippen LogP contribution in [0.25, 0.3) is 11.1 Å². The Balaban J connectivity index is 1.38. The Kier molecular flexibility index (Phi) is 7.28. The molecule has 1 aliphatic carbocycles. The molecule has 1 amide bonds. The molecule has 3 N–H and O–H groups in total. The Morgan fingerprint density at radius 1 is 1.03 bits per heavy atom. The Bertz CT molecular complexity index is 1260. The van der Waals surface area contributed by atoms with Crippen molar-refractivity contribution in [3.05, 3.63) is 99.1 Å². The molecular weight excluding hydrogens is 468 g/mol. The molecule has 0 radical (unpaired) electrons. The Morgan fingerprint density at radius 2 is 1.64 bits per heavy atom. The number of esters is 1. The van der Waals surface area contributed by atoms with Gasteiger partial charge in [-0.15, -0.1) is 0 Å². The maximum atomic E-state index is 12.3. The van der Waals surface area contributed by atoms with Gasteiger partial charge >= 0.3 is 12.1 Å². The third-order valence-electron chi connectivity index (χ3n) is 6.08. The summed E-state index contributed by atoms with van der Waals surface area (Å²) in [6.45, 7) is -0.319. The molecule has 1 aliphatic rings. The minimum Gasteiger partial charge on any atom is -0.465 e. The largest absolute Gasteiger partial charge is 0.465 e. The first-order valence-corrected chi connectivity index (χ1v) is 11.1. The molecule has 0 aromatic heterocycles. The number of rotatable bonds is 8. The predicted molar refractivity (Wildman–Crippen MR) is 128 cm³/mol. The van der Waals surface area contributed by atoms with E-state index in [0.29, 0.717) is 0 Å². The first kappa shape index (κ1) is 24.8. The lowest BCUT2D eigenvalue weighted by Gasteiger charge is -2.20. The van der Waals surface area contributed by atoms with Crippen LogP contribution in [0.5, 0.6) is 0 Å². The molecule has 0 bridgehead atoms.